The summed E-state index contributed by atoms with van der Waals surface area (Å²) in [5, 5.41) is 0. The standard InChI is InChI=1S/C11H13BrN2O3S/c12-10-7-8(13)1-2-9(10)11(15)14-3-5-18(16,17)6-4-14/h1-2,7H,3-6,13H2. The van der Waals surface area contributed by atoms with Crippen LogP contribution in [0.4, 0.5) is 5.69 Å². The van der Waals surface area contributed by atoms with Gasteiger partial charge in [0, 0.05) is 23.2 Å². The van der Waals surface area contributed by atoms with E-state index in [-0.39, 0.29) is 30.5 Å². The van der Waals surface area contributed by atoms with Gasteiger partial charge in [-0.1, -0.05) is 0 Å². The molecule has 1 heterocycles. The summed E-state index contributed by atoms with van der Waals surface area (Å²) < 4.78 is 23.2. The molecular formula is C11H13BrN2O3S. The van der Waals surface area contributed by atoms with E-state index in [2.05, 4.69) is 15.9 Å². The van der Waals surface area contributed by atoms with Gasteiger partial charge in [0.2, 0.25) is 0 Å². The summed E-state index contributed by atoms with van der Waals surface area (Å²) in [6, 6.07) is 4.96. The number of hydrogen-bond acceptors (Lipinski definition) is 4. The molecule has 0 spiro atoms. The van der Waals surface area contributed by atoms with Crippen molar-refractivity contribution in [3.8, 4) is 0 Å². The average molecular weight is 333 g/mol. The van der Waals surface area contributed by atoms with Gasteiger partial charge in [0.05, 0.1) is 17.1 Å². The number of nitrogens with zero attached hydrogens (tertiary/aromatic N) is 1. The summed E-state index contributed by atoms with van der Waals surface area (Å²) in [6.45, 7) is 0.496. The molecule has 0 aliphatic carbocycles. The number of anilines is 1. The van der Waals surface area contributed by atoms with Gasteiger partial charge in [-0.3, -0.25) is 4.79 Å². The van der Waals surface area contributed by atoms with Gasteiger partial charge in [0.25, 0.3) is 5.91 Å². The Hall–Kier alpha value is -1.08. The number of amides is 1. The molecule has 1 aromatic rings. The van der Waals surface area contributed by atoms with Crippen LogP contribution in [0.25, 0.3) is 0 Å². The van der Waals surface area contributed by atoms with Gasteiger partial charge in [0.15, 0.2) is 9.84 Å². The normalized spacial score (nSPS) is 18.6. The topological polar surface area (TPSA) is 80.5 Å². The minimum absolute atomic E-state index is 0.0331. The minimum atomic E-state index is -2.97. The molecule has 1 amide bonds. The molecule has 2 N–H and O–H groups in total. The zero-order valence-corrected chi connectivity index (χ0v) is 12.0. The molecule has 1 aliphatic heterocycles. The fraction of sp³-hybridized carbons (Fsp3) is 0.364. The van der Waals surface area contributed by atoms with Crippen LogP contribution in [0, 0.1) is 0 Å². The SMILES string of the molecule is Nc1ccc(C(=O)N2CCS(=O)(=O)CC2)c(Br)c1. The first kappa shape index (κ1) is 13.4. The Morgan fingerprint density at radius 2 is 1.89 bits per heavy atom. The fourth-order valence-corrected chi connectivity index (χ4v) is 3.56. The molecular weight excluding hydrogens is 320 g/mol. The summed E-state index contributed by atoms with van der Waals surface area (Å²) in [5.74, 6) is -0.104. The third-order valence-corrected chi connectivity index (χ3v) is 5.12. The molecule has 7 heteroatoms. The Balaban J connectivity index is 2.17. The van der Waals surface area contributed by atoms with Gasteiger partial charge >= 0.3 is 0 Å². The van der Waals surface area contributed by atoms with Crippen molar-refractivity contribution >= 4 is 37.4 Å². The highest BCUT2D eigenvalue weighted by molar-refractivity contribution is 9.10. The third kappa shape index (κ3) is 2.84. The number of nitrogen functional groups attached to an aromatic ring is 1. The van der Waals surface area contributed by atoms with Crippen LogP contribution in [0.2, 0.25) is 0 Å². The van der Waals surface area contributed by atoms with Crippen LogP contribution in [-0.2, 0) is 9.84 Å². The number of carbonyl (C=O) groups is 1. The van der Waals surface area contributed by atoms with E-state index in [1.165, 1.54) is 0 Å². The average Bonchev–Trinajstić information content (AvgIpc) is 2.28. The summed E-state index contributed by atoms with van der Waals surface area (Å²) in [5.41, 5.74) is 6.68. The van der Waals surface area contributed by atoms with E-state index >= 15 is 0 Å². The molecule has 0 aromatic heterocycles. The van der Waals surface area contributed by atoms with Crippen molar-refractivity contribution in [2.75, 3.05) is 30.3 Å². The van der Waals surface area contributed by atoms with E-state index < -0.39 is 9.84 Å². The van der Waals surface area contributed by atoms with Crippen molar-refractivity contribution in [1.82, 2.24) is 4.90 Å². The monoisotopic (exact) mass is 332 g/mol. The Bertz CT molecular complexity index is 572. The van der Waals surface area contributed by atoms with Crippen molar-refractivity contribution in [2.24, 2.45) is 0 Å². The Labute approximate surface area is 114 Å². The maximum absolute atomic E-state index is 12.2. The molecule has 0 unspecified atom stereocenters. The summed E-state index contributed by atoms with van der Waals surface area (Å²) in [7, 11) is -2.97. The van der Waals surface area contributed by atoms with E-state index in [1.54, 1.807) is 23.1 Å². The highest BCUT2D eigenvalue weighted by atomic mass is 79.9. The van der Waals surface area contributed by atoms with Gasteiger partial charge in [-0.25, -0.2) is 8.42 Å². The number of benzene rings is 1. The summed E-state index contributed by atoms with van der Waals surface area (Å²) in [6.07, 6.45) is 0. The van der Waals surface area contributed by atoms with Gasteiger partial charge in [-0.05, 0) is 34.1 Å². The first-order chi connectivity index (χ1) is 8.39. The molecule has 98 valence electrons. The Morgan fingerprint density at radius 3 is 2.44 bits per heavy atom. The van der Waals surface area contributed by atoms with Gasteiger partial charge in [-0.2, -0.15) is 0 Å². The predicted molar refractivity (Wildman–Crippen MR) is 73.1 cm³/mol. The lowest BCUT2D eigenvalue weighted by atomic mass is 10.2. The molecule has 0 radical (unpaired) electrons. The lowest BCUT2D eigenvalue weighted by molar-refractivity contribution is 0.0769. The second-order valence-corrected chi connectivity index (χ2v) is 7.34. The van der Waals surface area contributed by atoms with Crippen molar-refractivity contribution in [1.29, 1.82) is 0 Å². The van der Waals surface area contributed by atoms with Crippen molar-refractivity contribution < 1.29 is 13.2 Å². The molecule has 5 nitrogen and oxygen atoms in total. The third-order valence-electron chi connectivity index (χ3n) is 2.86. The van der Waals surface area contributed by atoms with E-state index in [0.717, 1.165) is 0 Å². The van der Waals surface area contributed by atoms with Crippen LogP contribution in [0.15, 0.2) is 22.7 Å². The van der Waals surface area contributed by atoms with Gasteiger partial charge < -0.3 is 10.6 Å². The lowest BCUT2D eigenvalue weighted by Gasteiger charge is -2.27. The quantitative estimate of drug-likeness (QED) is 0.775. The molecule has 18 heavy (non-hydrogen) atoms. The minimum Gasteiger partial charge on any atom is -0.399 e. The smallest absolute Gasteiger partial charge is 0.255 e. The molecule has 0 bridgehead atoms. The van der Waals surface area contributed by atoms with Crippen LogP contribution >= 0.6 is 15.9 Å². The van der Waals surface area contributed by atoms with Gasteiger partial charge in [0.1, 0.15) is 0 Å². The fourth-order valence-electron chi connectivity index (χ4n) is 1.79. The first-order valence-corrected chi connectivity index (χ1v) is 8.05. The maximum atomic E-state index is 12.2. The molecule has 1 saturated heterocycles. The molecule has 0 atom stereocenters. The lowest BCUT2D eigenvalue weighted by Crippen LogP contribution is -2.43. The second kappa shape index (κ2) is 4.89. The van der Waals surface area contributed by atoms with Crippen molar-refractivity contribution in [2.45, 2.75) is 0 Å². The van der Waals surface area contributed by atoms with E-state index in [0.29, 0.717) is 15.7 Å². The van der Waals surface area contributed by atoms with Crippen molar-refractivity contribution in [3.63, 3.8) is 0 Å². The van der Waals surface area contributed by atoms with E-state index in [1.807, 2.05) is 0 Å². The van der Waals surface area contributed by atoms with Crippen LogP contribution in [0.3, 0.4) is 0 Å². The molecule has 1 fully saturated rings. The van der Waals surface area contributed by atoms with Gasteiger partial charge in [-0.15, -0.1) is 0 Å². The summed E-state index contributed by atoms with van der Waals surface area (Å²) >= 11 is 3.29. The number of hydrogen-bond donors (Lipinski definition) is 1. The number of halogens is 1. The van der Waals surface area contributed by atoms with Crippen LogP contribution in [0.1, 0.15) is 10.4 Å². The van der Waals surface area contributed by atoms with Crippen molar-refractivity contribution in [3.05, 3.63) is 28.2 Å². The predicted octanol–water partition coefficient (Wildman–Crippen LogP) is 0.902. The second-order valence-electron chi connectivity index (χ2n) is 4.18. The van der Waals surface area contributed by atoms with Crippen LogP contribution in [-0.4, -0.2) is 43.8 Å². The zero-order valence-electron chi connectivity index (χ0n) is 9.60. The Kier molecular flexibility index (Phi) is 3.63. The van der Waals surface area contributed by atoms with E-state index in [9.17, 15) is 13.2 Å². The maximum Gasteiger partial charge on any atom is 0.255 e. The summed E-state index contributed by atoms with van der Waals surface area (Å²) in [4.78, 5) is 13.8. The first-order valence-electron chi connectivity index (χ1n) is 5.44. The number of rotatable bonds is 1. The molecule has 1 aliphatic rings. The van der Waals surface area contributed by atoms with E-state index in [4.69, 9.17) is 5.73 Å². The largest absolute Gasteiger partial charge is 0.399 e. The molecule has 1 aromatic carbocycles. The molecule has 2 rings (SSSR count). The highest BCUT2D eigenvalue weighted by Gasteiger charge is 2.26. The van der Waals surface area contributed by atoms with Crippen LogP contribution < -0.4 is 5.73 Å². The molecule has 0 saturated carbocycles. The number of nitrogens with two attached hydrogens (primary N) is 1. The highest BCUT2D eigenvalue weighted by Crippen LogP contribution is 2.22. The van der Waals surface area contributed by atoms with Crippen LogP contribution in [0.5, 0.6) is 0 Å². The number of sulfone groups is 1. The zero-order chi connectivity index (χ0) is 13.3. The Morgan fingerprint density at radius 1 is 1.28 bits per heavy atom. The number of carbonyl (C=O) groups excluding carboxylic acids is 1.